The van der Waals surface area contributed by atoms with E-state index < -0.39 is 0 Å². The Morgan fingerprint density at radius 2 is 1.24 bits per heavy atom. The summed E-state index contributed by atoms with van der Waals surface area (Å²) in [5.74, 6) is 0.694. The molecule has 3 heteroatoms. The van der Waals surface area contributed by atoms with Gasteiger partial charge in [-0.2, -0.15) is 0 Å². The number of furan rings is 1. The van der Waals surface area contributed by atoms with Crippen LogP contribution in [0, 0.1) is 0 Å². The van der Waals surface area contributed by atoms with Gasteiger partial charge in [-0.05, 0) is 35.9 Å². The first kappa shape index (κ1) is 19.2. The molecule has 0 saturated heterocycles. The van der Waals surface area contributed by atoms with Crippen molar-refractivity contribution in [2.75, 3.05) is 0 Å². The minimum atomic E-state index is 0.694. The van der Waals surface area contributed by atoms with Gasteiger partial charge in [0.15, 0.2) is 5.82 Å². The lowest BCUT2D eigenvalue weighted by atomic mass is 10.0. The predicted octanol–water partition coefficient (Wildman–Crippen LogP) is 8.02. The highest BCUT2D eigenvalue weighted by Crippen LogP contribution is 2.33. The lowest BCUT2D eigenvalue weighted by Gasteiger charge is -2.10. The van der Waals surface area contributed by atoms with Crippen LogP contribution >= 0.6 is 0 Å². The molecule has 0 aliphatic rings. The van der Waals surface area contributed by atoms with E-state index in [-0.39, 0.29) is 0 Å². The van der Waals surface area contributed by atoms with Crippen molar-refractivity contribution in [3.05, 3.63) is 115 Å². The zero-order chi connectivity index (χ0) is 22.2. The van der Waals surface area contributed by atoms with E-state index in [9.17, 15) is 0 Å². The largest absolute Gasteiger partial charge is 0.456 e. The molecule has 6 aromatic rings. The van der Waals surface area contributed by atoms with Crippen molar-refractivity contribution in [1.82, 2.24) is 9.97 Å². The SMILES string of the molecule is C=Cc1ccc(-c2nc(-c3ccccc3)cc(-c3ccc4oc5ccccc5c4c3)n2)cc1. The highest BCUT2D eigenvalue weighted by atomic mass is 16.3. The van der Waals surface area contributed by atoms with Gasteiger partial charge in [0.2, 0.25) is 0 Å². The zero-order valence-electron chi connectivity index (χ0n) is 17.9. The summed E-state index contributed by atoms with van der Waals surface area (Å²) in [4.78, 5) is 9.86. The lowest BCUT2D eigenvalue weighted by Crippen LogP contribution is -1.96. The highest BCUT2D eigenvalue weighted by molar-refractivity contribution is 6.06. The minimum absolute atomic E-state index is 0.694. The topological polar surface area (TPSA) is 38.9 Å². The quantitative estimate of drug-likeness (QED) is 0.288. The van der Waals surface area contributed by atoms with Gasteiger partial charge >= 0.3 is 0 Å². The Morgan fingerprint density at radius 3 is 2.03 bits per heavy atom. The summed E-state index contributed by atoms with van der Waals surface area (Å²) in [5, 5.41) is 2.19. The molecule has 0 amide bonds. The van der Waals surface area contributed by atoms with Gasteiger partial charge in [0, 0.05) is 27.5 Å². The third kappa shape index (κ3) is 3.50. The van der Waals surface area contributed by atoms with Crippen LogP contribution in [0.3, 0.4) is 0 Å². The third-order valence-electron chi connectivity index (χ3n) is 5.87. The molecule has 6 rings (SSSR count). The lowest BCUT2D eigenvalue weighted by molar-refractivity contribution is 0.669. The Hall–Kier alpha value is -4.50. The zero-order valence-corrected chi connectivity index (χ0v) is 17.9. The molecule has 2 heterocycles. The number of aromatic nitrogens is 2. The second-order valence-corrected chi connectivity index (χ2v) is 7.96. The number of hydrogen-bond acceptors (Lipinski definition) is 3. The fraction of sp³-hybridized carbons (Fsp3) is 0. The van der Waals surface area contributed by atoms with Crippen LogP contribution in [0.15, 0.2) is 114 Å². The van der Waals surface area contributed by atoms with E-state index >= 15 is 0 Å². The fourth-order valence-corrected chi connectivity index (χ4v) is 4.13. The molecule has 0 unspecified atom stereocenters. The van der Waals surface area contributed by atoms with Gasteiger partial charge in [0.05, 0.1) is 11.4 Å². The average molecular weight is 425 g/mol. The van der Waals surface area contributed by atoms with E-state index in [2.05, 4.69) is 43.0 Å². The average Bonchev–Trinajstić information content (AvgIpc) is 3.27. The maximum Gasteiger partial charge on any atom is 0.160 e. The highest BCUT2D eigenvalue weighted by Gasteiger charge is 2.13. The van der Waals surface area contributed by atoms with Crippen LogP contribution in [0.4, 0.5) is 0 Å². The standard InChI is InChI=1S/C30H20N2O/c1-2-20-12-14-22(15-13-20)30-31-26(21-8-4-3-5-9-21)19-27(32-30)23-16-17-29-25(18-23)24-10-6-7-11-28(24)33-29/h2-19H,1H2. The molecule has 0 spiro atoms. The second-order valence-electron chi connectivity index (χ2n) is 7.96. The van der Waals surface area contributed by atoms with Gasteiger partial charge in [0.1, 0.15) is 11.2 Å². The van der Waals surface area contributed by atoms with Crippen molar-refractivity contribution in [3.63, 3.8) is 0 Å². The van der Waals surface area contributed by atoms with E-state index in [1.165, 1.54) is 0 Å². The molecule has 0 N–H and O–H groups in total. The molecule has 0 atom stereocenters. The number of hydrogen-bond donors (Lipinski definition) is 0. The predicted molar refractivity (Wildman–Crippen MR) is 136 cm³/mol. The summed E-state index contributed by atoms with van der Waals surface area (Å²) in [7, 11) is 0. The van der Waals surface area contributed by atoms with E-state index in [0.717, 1.165) is 55.6 Å². The molecule has 2 aromatic heterocycles. The van der Waals surface area contributed by atoms with Crippen LogP contribution in [0.25, 0.3) is 61.9 Å². The number of fused-ring (bicyclic) bond motifs is 3. The monoisotopic (exact) mass is 424 g/mol. The van der Waals surface area contributed by atoms with Crippen LogP contribution in [0.5, 0.6) is 0 Å². The molecular formula is C30H20N2O. The molecular weight excluding hydrogens is 404 g/mol. The third-order valence-corrected chi connectivity index (χ3v) is 5.87. The molecule has 0 saturated carbocycles. The Balaban J connectivity index is 1.56. The normalized spacial score (nSPS) is 11.2. The van der Waals surface area contributed by atoms with E-state index in [4.69, 9.17) is 14.4 Å². The van der Waals surface area contributed by atoms with Crippen molar-refractivity contribution in [2.45, 2.75) is 0 Å². The van der Waals surface area contributed by atoms with Crippen LogP contribution in [-0.2, 0) is 0 Å². The number of benzene rings is 4. The maximum atomic E-state index is 6.01. The summed E-state index contributed by atoms with van der Waals surface area (Å²) in [6.07, 6.45) is 1.83. The second kappa shape index (κ2) is 7.88. The summed E-state index contributed by atoms with van der Waals surface area (Å²) in [5.41, 5.74) is 7.64. The number of para-hydroxylation sites is 1. The van der Waals surface area contributed by atoms with Crippen LogP contribution in [-0.4, -0.2) is 9.97 Å². The molecule has 4 aromatic carbocycles. The Kier molecular flexibility index (Phi) is 4.59. The Bertz CT molecular complexity index is 1610. The number of rotatable bonds is 4. The van der Waals surface area contributed by atoms with E-state index in [1.54, 1.807) is 0 Å². The van der Waals surface area contributed by atoms with E-state index in [1.807, 2.05) is 72.8 Å². The Labute approximate surface area is 191 Å². The van der Waals surface area contributed by atoms with Crippen LogP contribution in [0.2, 0.25) is 0 Å². The van der Waals surface area contributed by atoms with Crippen molar-refractivity contribution in [2.24, 2.45) is 0 Å². The van der Waals surface area contributed by atoms with Crippen molar-refractivity contribution in [1.29, 1.82) is 0 Å². The Morgan fingerprint density at radius 1 is 0.576 bits per heavy atom. The number of nitrogens with zero attached hydrogens (tertiary/aromatic N) is 2. The van der Waals surface area contributed by atoms with Gasteiger partial charge < -0.3 is 4.42 Å². The minimum Gasteiger partial charge on any atom is -0.456 e. The molecule has 0 bridgehead atoms. The van der Waals surface area contributed by atoms with Crippen molar-refractivity contribution in [3.8, 4) is 33.9 Å². The van der Waals surface area contributed by atoms with Crippen molar-refractivity contribution >= 4 is 28.0 Å². The molecule has 0 aliphatic carbocycles. The molecule has 33 heavy (non-hydrogen) atoms. The van der Waals surface area contributed by atoms with Gasteiger partial charge in [-0.1, -0.05) is 85.5 Å². The molecule has 3 nitrogen and oxygen atoms in total. The summed E-state index contributed by atoms with van der Waals surface area (Å²) in [6, 6.07) is 34.8. The smallest absolute Gasteiger partial charge is 0.160 e. The molecule has 156 valence electrons. The van der Waals surface area contributed by atoms with E-state index in [0.29, 0.717) is 5.82 Å². The fourth-order valence-electron chi connectivity index (χ4n) is 4.13. The summed E-state index contributed by atoms with van der Waals surface area (Å²) in [6.45, 7) is 3.84. The first-order chi connectivity index (χ1) is 16.3. The maximum absolute atomic E-state index is 6.01. The summed E-state index contributed by atoms with van der Waals surface area (Å²) >= 11 is 0. The van der Waals surface area contributed by atoms with Gasteiger partial charge in [-0.25, -0.2) is 9.97 Å². The molecule has 0 radical (unpaired) electrons. The van der Waals surface area contributed by atoms with Crippen LogP contribution < -0.4 is 0 Å². The first-order valence-corrected chi connectivity index (χ1v) is 10.9. The van der Waals surface area contributed by atoms with Gasteiger partial charge in [0.25, 0.3) is 0 Å². The summed E-state index contributed by atoms with van der Waals surface area (Å²) < 4.78 is 6.01. The van der Waals surface area contributed by atoms with Gasteiger partial charge in [-0.3, -0.25) is 0 Å². The van der Waals surface area contributed by atoms with Gasteiger partial charge in [-0.15, -0.1) is 0 Å². The first-order valence-electron chi connectivity index (χ1n) is 10.9. The molecule has 0 aliphatic heterocycles. The van der Waals surface area contributed by atoms with Crippen molar-refractivity contribution < 1.29 is 4.42 Å². The molecule has 0 fully saturated rings. The van der Waals surface area contributed by atoms with Crippen LogP contribution in [0.1, 0.15) is 5.56 Å².